The van der Waals surface area contributed by atoms with Crippen LogP contribution in [-0.2, 0) is 19.6 Å². The van der Waals surface area contributed by atoms with E-state index in [0.29, 0.717) is 30.4 Å². The first-order valence-electron chi connectivity index (χ1n) is 10.9. The number of thioether (sulfide) groups is 1. The van der Waals surface area contributed by atoms with Crippen LogP contribution < -0.4 is 10.2 Å². The predicted molar refractivity (Wildman–Crippen MR) is 126 cm³/mol. The summed E-state index contributed by atoms with van der Waals surface area (Å²) in [6.45, 7) is 2.75. The smallest absolute Gasteiger partial charge is 0.244 e. The van der Waals surface area contributed by atoms with E-state index >= 15 is 0 Å². The number of hydrogen-bond donors (Lipinski definition) is 1. The van der Waals surface area contributed by atoms with Gasteiger partial charge in [0.15, 0.2) is 0 Å². The van der Waals surface area contributed by atoms with E-state index in [1.807, 2.05) is 0 Å². The molecule has 10 heteroatoms. The molecule has 1 N–H and O–H groups in total. The summed E-state index contributed by atoms with van der Waals surface area (Å²) >= 11 is 1.45. The van der Waals surface area contributed by atoms with E-state index in [2.05, 4.69) is 12.2 Å². The van der Waals surface area contributed by atoms with Gasteiger partial charge in [0.05, 0.1) is 10.6 Å². The van der Waals surface area contributed by atoms with E-state index in [-0.39, 0.29) is 29.5 Å². The highest BCUT2D eigenvalue weighted by Gasteiger charge is 2.31. The van der Waals surface area contributed by atoms with Crippen LogP contribution in [0.5, 0.6) is 0 Å². The molecule has 2 aromatic carbocycles. The quantitative estimate of drug-likeness (QED) is 0.689. The Bertz CT molecular complexity index is 1160. The summed E-state index contributed by atoms with van der Waals surface area (Å²) in [5, 5.41) is 2.60. The molecule has 33 heavy (non-hydrogen) atoms. The lowest BCUT2D eigenvalue weighted by molar-refractivity contribution is -0.121. The Balaban J connectivity index is 1.61. The SMILES string of the molecule is CC1CCN(S(=O)(=O)c2ccc3c(c2)N(CC(=O)Nc2cccc(F)c2)C(=O)CCS3)CC1. The van der Waals surface area contributed by atoms with Crippen molar-refractivity contribution in [1.82, 2.24) is 4.31 Å². The van der Waals surface area contributed by atoms with Gasteiger partial charge in [-0.2, -0.15) is 4.31 Å². The molecule has 176 valence electrons. The first-order chi connectivity index (χ1) is 15.7. The molecule has 0 unspecified atom stereocenters. The Morgan fingerprint density at radius 2 is 1.94 bits per heavy atom. The molecule has 2 aromatic rings. The molecular formula is C23H26FN3O4S2. The van der Waals surface area contributed by atoms with Crippen LogP contribution in [0.3, 0.4) is 0 Å². The number of rotatable bonds is 5. The van der Waals surface area contributed by atoms with Gasteiger partial charge in [0.25, 0.3) is 0 Å². The van der Waals surface area contributed by atoms with Crippen molar-refractivity contribution in [3.8, 4) is 0 Å². The van der Waals surface area contributed by atoms with Crippen LogP contribution in [0.1, 0.15) is 26.2 Å². The zero-order valence-electron chi connectivity index (χ0n) is 18.3. The van der Waals surface area contributed by atoms with Crippen LogP contribution in [0.2, 0.25) is 0 Å². The zero-order chi connectivity index (χ0) is 23.6. The third-order valence-corrected chi connectivity index (χ3v) is 8.85. The minimum absolute atomic E-state index is 0.113. The first kappa shape index (κ1) is 23.7. The molecule has 0 saturated carbocycles. The van der Waals surface area contributed by atoms with Gasteiger partial charge in [0.1, 0.15) is 12.4 Å². The van der Waals surface area contributed by atoms with Gasteiger partial charge in [-0.15, -0.1) is 11.8 Å². The number of hydrogen-bond acceptors (Lipinski definition) is 5. The minimum atomic E-state index is -3.71. The highest BCUT2D eigenvalue weighted by atomic mass is 32.2. The van der Waals surface area contributed by atoms with E-state index in [0.717, 1.165) is 17.7 Å². The van der Waals surface area contributed by atoms with Crippen molar-refractivity contribution >= 4 is 45.0 Å². The van der Waals surface area contributed by atoms with E-state index in [1.165, 1.54) is 45.2 Å². The molecule has 0 bridgehead atoms. The van der Waals surface area contributed by atoms with Gasteiger partial charge in [-0.3, -0.25) is 9.59 Å². The van der Waals surface area contributed by atoms with Gasteiger partial charge >= 0.3 is 0 Å². The van der Waals surface area contributed by atoms with E-state index in [9.17, 15) is 22.4 Å². The fraction of sp³-hybridized carbons (Fsp3) is 0.391. The van der Waals surface area contributed by atoms with Crippen molar-refractivity contribution in [3.05, 3.63) is 48.3 Å². The second-order valence-electron chi connectivity index (χ2n) is 8.35. The third kappa shape index (κ3) is 5.39. The maximum absolute atomic E-state index is 13.4. The summed E-state index contributed by atoms with van der Waals surface area (Å²) in [5.41, 5.74) is 0.691. The monoisotopic (exact) mass is 491 g/mol. The molecule has 0 radical (unpaired) electrons. The van der Waals surface area contributed by atoms with Crippen LogP contribution in [0, 0.1) is 11.7 Å². The molecule has 7 nitrogen and oxygen atoms in total. The Labute approximate surface area is 197 Å². The average Bonchev–Trinajstić information content (AvgIpc) is 2.92. The number of carbonyl (C=O) groups excluding carboxylic acids is 2. The number of carbonyl (C=O) groups is 2. The molecule has 1 fully saturated rings. The molecule has 4 rings (SSSR count). The second-order valence-corrected chi connectivity index (χ2v) is 11.4. The van der Waals surface area contributed by atoms with Gasteiger partial charge < -0.3 is 10.2 Å². The molecule has 1 saturated heterocycles. The fourth-order valence-corrected chi connectivity index (χ4v) is 6.43. The second kappa shape index (κ2) is 9.82. The summed E-state index contributed by atoms with van der Waals surface area (Å²) in [6, 6.07) is 10.3. The summed E-state index contributed by atoms with van der Waals surface area (Å²) < 4.78 is 41.4. The van der Waals surface area contributed by atoms with Crippen LogP contribution in [-0.4, -0.2) is 49.9 Å². The van der Waals surface area contributed by atoms with Gasteiger partial charge in [0.2, 0.25) is 21.8 Å². The third-order valence-electron chi connectivity index (χ3n) is 5.89. The molecular weight excluding hydrogens is 465 g/mol. The Hall–Kier alpha value is -2.43. The molecule has 0 spiro atoms. The highest BCUT2D eigenvalue weighted by molar-refractivity contribution is 7.99. The maximum Gasteiger partial charge on any atom is 0.244 e. The largest absolute Gasteiger partial charge is 0.324 e. The van der Waals surface area contributed by atoms with Crippen molar-refractivity contribution in [2.45, 2.75) is 36.0 Å². The zero-order valence-corrected chi connectivity index (χ0v) is 19.9. The molecule has 0 atom stereocenters. The molecule has 2 aliphatic rings. The van der Waals surface area contributed by atoms with Crippen LogP contribution in [0.15, 0.2) is 52.3 Å². The van der Waals surface area contributed by atoms with Crippen molar-refractivity contribution < 1.29 is 22.4 Å². The van der Waals surface area contributed by atoms with Crippen molar-refractivity contribution in [2.24, 2.45) is 5.92 Å². The van der Waals surface area contributed by atoms with Gasteiger partial charge in [-0.05, 0) is 55.2 Å². The van der Waals surface area contributed by atoms with Crippen LogP contribution in [0.4, 0.5) is 15.8 Å². The van der Waals surface area contributed by atoms with Gasteiger partial charge in [0, 0.05) is 35.8 Å². The normalized spacial score (nSPS) is 18.0. The Morgan fingerprint density at radius 3 is 2.67 bits per heavy atom. The van der Waals surface area contributed by atoms with Crippen molar-refractivity contribution in [1.29, 1.82) is 0 Å². The van der Waals surface area contributed by atoms with Gasteiger partial charge in [-0.1, -0.05) is 13.0 Å². The van der Waals surface area contributed by atoms with Crippen molar-refractivity contribution in [3.63, 3.8) is 0 Å². The summed E-state index contributed by atoms with van der Waals surface area (Å²) in [6.07, 6.45) is 1.84. The van der Waals surface area contributed by atoms with Crippen LogP contribution in [0.25, 0.3) is 0 Å². The van der Waals surface area contributed by atoms with Gasteiger partial charge in [-0.25, -0.2) is 12.8 Å². The van der Waals surface area contributed by atoms with E-state index in [4.69, 9.17) is 0 Å². The maximum atomic E-state index is 13.4. The predicted octanol–water partition coefficient (Wildman–Crippen LogP) is 3.71. The number of fused-ring (bicyclic) bond motifs is 1. The van der Waals surface area contributed by atoms with E-state index < -0.39 is 21.7 Å². The fourth-order valence-electron chi connectivity index (χ4n) is 3.97. The minimum Gasteiger partial charge on any atom is -0.324 e. The van der Waals surface area contributed by atoms with Crippen LogP contribution >= 0.6 is 11.8 Å². The van der Waals surface area contributed by atoms with E-state index in [1.54, 1.807) is 18.2 Å². The molecule has 0 aromatic heterocycles. The number of piperidine rings is 1. The van der Waals surface area contributed by atoms with Crippen molar-refractivity contribution in [2.75, 3.05) is 35.6 Å². The number of amides is 2. The molecule has 2 amide bonds. The number of halogens is 1. The molecule has 0 aliphatic carbocycles. The standard InChI is InChI=1S/C23H26FN3O4S2/c1-16-7-10-26(11-8-16)33(30,31)19-5-6-21-20(14-19)27(23(29)9-12-32-21)15-22(28)25-18-4-2-3-17(24)13-18/h2-6,13-14,16H,7-12,15H2,1H3,(H,25,28). The Morgan fingerprint density at radius 1 is 1.18 bits per heavy atom. The lowest BCUT2D eigenvalue weighted by Crippen LogP contribution is -2.39. The average molecular weight is 492 g/mol. The summed E-state index contributed by atoms with van der Waals surface area (Å²) in [7, 11) is -3.71. The summed E-state index contributed by atoms with van der Waals surface area (Å²) in [5.74, 6) is -0.224. The number of nitrogens with one attached hydrogen (secondary N) is 1. The number of benzene rings is 2. The summed E-state index contributed by atoms with van der Waals surface area (Å²) in [4.78, 5) is 27.7. The Kier molecular flexibility index (Phi) is 7.06. The molecule has 2 aliphatic heterocycles. The lowest BCUT2D eigenvalue weighted by Gasteiger charge is -2.30. The number of anilines is 2. The topological polar surface area (TPSA) is 86.8 Å². The molecule has 2 heterocycles. The lowest BCUT2D eigenvalue weighted by atomic mass is 10.0. The number of sulfonamides is 1. The highest BCUT2D eigenvalue weighted by Crippen LogP contribution is 2.37. The first-order valence-corrected chi connectivity index (χ1v) is 13.3. The number of nitrogens with zero attached hydrogens (tertiary/aromatic N) is 2.